The second kappa shape index (κ2) is 12.5. The molecule has 5 rings (SSSR count). The lowest BCUT2D eigenvalue weighted by Crippen LogP contribution is -2.49. The third-order valence-electron chi connectivity index (χ3n) is 7.11. The number of nitrogens with zero attached hydrogens (tertiary/aromatic N) is 5. The molecular weight excluding hydrogens is 589 g/mol. The number of carbonyl (C=O) groups excluding carboxylic acids is 2. The highest BCUT2D eigenvalue weighted by Crippen LogP contribution is 2.48. The SMILES string of the molecule is C=CC(=O)NC1CCCCC1Nc1ncc2c(n1)N(Cc1cscn1)C(=O)N(c1c(Cl)c(OC)cc(OC)c1Cl)C2. The maximum Gasteiger partial charge on any atom is 0.330 e. The number of fused-ring (bicyclic) bond motifs is 1. The molecule has 0 spiro atoms. The first-order valence-corrected chi connectivity index (χ1v) is 14.7. The van der Waals surface area contributed by atoms with E-state index in [4.69, 9.17) is 37.7 Å². The van der Waals surface area contributed by atoms with Crippen molar-refractivity contribution in [3.05, 3.63) is 57.1 Å². The number of hydrogen-bond donors (Lipinski definition) is 2. The number of nitrogens with one attached hydrogen (secondary N) is 2. The average molecular weight is 619 g/mol. The largest absolute Gasteiger partial charge is 0.495 e. The van der Waals surface area contributed by atoms with E-state index in [0.29, 0.717) is 34.5 Å². The number of benzene rings is 1. The first kappa shape index (κ1) is 28.9. The quantitative estimate of drug-likeness (QED) is 0.305. The van der Waals surface area contributed by atoms with Crippen molar-refractivity contribution in [2.45, 2.75) is 50.9 Å². The van der Waals surface area contributed by atoms with Crippen molar-refractivity contribution in [1.82, 2.24) is 20.3 Å². The third-order valence-corrected chi connectivity index (χ3v) is 8.47. The van der Waals surface area contributed by atoms with E-state index in [1.54, 1.807) is 17.8 Å². The number of anilines is 3. The molecule has 2 atom stereocenters. The predicted octanol–water partition coefficient (Wildman–Crippen LogP) is 5.43. The summed E-state index contributed by atoms with van der Waals surface area (Å²) in [6, 6.07) is 1.00. The summed E-state index contributed by atoms with van der Waals surface area (Å²) in [4.78, 5) is 42.8. The average Bonchev–Trinajstić information content (AvgIpc) is 3.50. The molecule has 216 valence electrons. The first-order valence-electron chi connectivity index (χ1n) is 13.0. The van der Waals surface area contributed by atoms with Gasteiger partial charge in [0.15, 0.2) is 0 Å². The summed E-state index contributed by atoms with van der Waals surface area (Å²) in [7, 11) is 2.95. The zero-order valence-electron chi connectivity index (χ0n) is 22.5. The van der Waals surface area contributed by atoms with Crippen molar-refractivity contribution in [2.24, 2.45) is 0 Å². The predicted molar refractivity (Wildman–Crippen MR) is 159 cm³/mol. The van der Waals surface area contributed by atoms with Crippen molar-refractivity contribution in [3.63, 3.8) is 0 Å². The van der Waals surface area contributed by atoms with Crippen LogP contribution in [0.2, 0.25) is 10.0 Å². The molecule has 2 aromatic heterocycles. The molecule has 3 amide bonds. The lowest BCUT2D eigenvalue weighted by Gasteiger charge is -2.37. The second-order valence-corrected chi connectivity index (χ2v) is 11.1. The highest BCUT2D eigenvalue weighted by atomic mass is 35.5. The summed E-state index contributed by atoms with van der Waals surface area (Å²) in [6.45, 7) is 3.83. The van der Waals surface area contributed by atoms with Crippen LogP contribution in [0, 0.1) is 0 Å². The lowest BCUT2D eigenvalue weighted by atomic mass is 9.90. The topological polar surface area (TPSA) is 122 Å². The van der Waals surface area contributed by atoms with Crippen LogP contribution < -0.4 is 29.9 Å². The van der Waals surface area contributed by atoms with Crippen molar-refractivity contribution >= 4 is 63.9 Å². The van der Waals surface area contributed by atoms with Gasteiger partial charge >= 0.3 is 6.03 Å². The molecule has 14 heteroatoms. The Morgan fingerprint density at radius 3 is 2.51 bits per heavy atom. The van der Waals surface area contributed by atoms with Gasteiger partial charge in [-0.05, 0) is 18.9 Å². The van der Waals surface area contributed by atoms with Gasteiger partial charge in [0.25, 0.3) is 0 Å². The van der Waals surface area contributed by atoms with Crippen LogP contribution in [0.3, 0.4) is 0 Å². The van der Waals surface area contributed by atoms with Crippen molar-refractivity contribution in [2.75, 3.05) is 29.3 Å². The third kappa shape index (κ3) is 5.90. The van der Waals surface area contributed by atoms with Crippen LogP contribution in [0.5, 0.6) is 11.5 Å². The Morgan fingerprint density at radius 1 is 1.17 bits per heavy atom. The van der Waals surface area contributed by atoms with Crippen LogP contribution in [0.1, 0.15) is 36.9 Å². The minimum Gasteiger partial charge on any atom is -0.495 e. The molecule has 1 aliphatic carbocycles. The first-order chi connectivity index (χ1) is 19.8. The number of hydrogen-bond acceptors (Lipinski definition) is 9. The number of ether oxygens (including phenoxy) is 2. The summed E-state index contributed by atoms with van der Waals surface area (Å²) in [5, 5.41) is 8.60. The van der Waals surface area contributed by atoms with Crippen LogP contribution in [-0.2, 0) is 17.9 Å². The van der Waals surface area contributed by atoms with Gasteiger partial charge < -0.3 is 20.1 Å². The molecule has 3 heterocycles. The number of urea groups is 1. The number of methoxy groups -OCH3 is 2. The lowest BCUT2D eigenvalue weighted by molar-refractivity contribution is -0.117. The summed E-state index contributed by atoms with van der Waals surface area (Å²) < 4.78 is 10.8. The van der Waals surface area contributed by atoms with E-state index in [1.165, 1.54) is 41.4 Å². The van der Waals surface area contributed by atoms with E-state index >= 15 is 0 Å². The fourth-order valence-electron chi connectivity index (χ4n) is 5.08. The maximum absolute atomic E-state index is 14.1. The number of amides is 3. The summed E-state index contributed by atoms with van der Waals surface area (Å²) >= 11 is 14.8. The number of thiazole rings is 1. The van der Waals surface area contributed by atoms with Gasteiger partial charge in [0.1, 0.15) is 27.4 Å². The molecule has 2 aliphatic rings. The molecule has 1 aliphatic heterocycles. The molecule has 41 heavy (non-hydrogen) atoms. The zero-order valence-corrected chi connectivity index (χ0v) is 24.9. The molecule has 0 radical (unpaired) electrons. The number of carbonyl (C=O) groups is 2. The Kier molecular flexibility index (Phi) is 8.81. The highest BCUT2D eigenvalue weighted by molar-refractivity contribution is 7.07. The Morgan fingerprint density at radius 2 is 1.88 bits per heavy atom. The molecule has 2 unspecified atom stereocenters. The molecule has 2 N–H and O–H groups in total. The zero-order chi connectivity index (χ0) is 29.1. The Labute approximate surface area is 251 Å². The molecule has 0 bridgehead atoms. The molecule has 1 aromatic carbocycles. The van der Waals surface area contributed by atoms with Gasteiger partial charge in [-0.1, -0.05) is 42.6 Å². The van der Waals surface area contributed by atoms with E-state index in [0.717, 1.165) is 25.7 Å². The number of rotatable bonds is 9. The molecule has 1 fully saturated rings. The van der Waals surface area contributed by atoms with Gasteiger partial charge in [-0.3, -0.25) is 14.6 Å². The van der Waals surface area contributed by atoms with E-state index in [1.807, 2.05) is 5.38 Å². The molecule has 0 saturated heterocycles. The highest BCUT2D eigenvalue weighted by Gasteiger charge is 2.37. The molecule has 1 saturated carbocycles. The van der Waals surface area contributed by atoms with Gasteiger partial charge in [0, 0.05) is 35.3 Å². The molecular formula is C27H29Cl2N7O4S. The summed E-state index contributed by atoms with van der Waals surface area (Å²) in [5.41, 5.74) is 3.34. The van der Waals surface area contributed by atoms with E-state index in [-0.39, 0.29) is 46.8 Å². The molecule has 11 nitrogen and oxygen atoms in total. The Bertz CT molecular complexity index is 1430. The summed E-state index contributed by atoms with van der Waals surface area (Å²) in [5.74, 6) is 1.21. The maximum atomic E-state index is 14.1. The van der Waals surface area contributed by atoms with E-state index in [9.17, 15) is 9.59 Å². The van der Waals surface area contributed by atoms with Crippen molar-refractivity contribution in [1.29, 1.82) is 0 Å². The second-order valence-electron chi connectivity index (χ2n) is 9.59. The van der Waals surface area contributed by atoms with Gasteiger partial charge in [-0.25, -0.2) is 14.8 Å². The smallest absolute Gasteiger partial charge is 0.330 e. The minimum atomic E-state index is -0.400. The van der Waals surface area contributed by atoms with Crippen LogP contribution >= 0.6 is 34.5 Å². The van der Waals surface area contributed by atoms with Crippen LogP contribution in [-0.4, -0.2) is 53.2 Å². The van der Waals surface area contributed by atoms with Crippen LogP contribution in [0.4, 0.5) is 22.2 Å². The van der Waals surface area contributed by atoms with Gasteiger partial charge in [0.2, 0.25) is 11.9 Å². The fourth-order valence-corrected chi connectivity index (χ4v) is 6.33. The number of aromatic nitrogens is 3. The Balaban J connectivity index is 1.52. The summed E-state index contributed by atoms with van der Waals surface area (Å²) in [6.07, 6.45) is 6.64. The Hall–Kier alpha value is -3.61. The minimum absolute atomic E-state index is 0.0738. The normalized spacial score (nSPS) is 18.5. The van der Waals surface area contributed by atoms with E-state index in [2.05, 4.69) is 27.2 Å². The van der Waals surface area contributed by atoms with E-state index < -0.39 is 6.03 Å². The number of halogens is 2. The van der Waals surface area contributed by atoms with Crippen LogP contribution in [0.15, 0.2) is 35.8 Å². The van der Waals surface area contributed by atoms with Crippen molar-refractivity contribution in [3.8, 4) is 11.5 Å². The van der Waals surface area contributed by atoms with Gasteiger partial charge in [0.05, 0.1) is 44.2 Å². The van der Waals surface area contributed by atoms with Gasteiger partial charge in [-0.2, -0.15) is 4.98 Å². The standard InChI is InChI=1S/C27H29Cl2N7O4S/c1-4-21(37)32-17-7-5-6-8-18(17)33-26-30-10-15-11-35(24-22(28)19(39-2)9-20(40-3)23(24)29)27(38)36(25(15)34-26)12-16-13-41-14-31-16/h4,9-10,13-14,17-18H,1,5-8,11-12H2,2-3H3,(H,32,37)(H,30,33,34). The monoisotopic (exact) mass is 617 g/mol. The fraction of sp³-hybridized carbons (Fsp3) is 0.370. The van der Waals surface area contributed by atoms with Gasteiger partial charge in [-0.15, -0.1) is 11.3 Å². The van der Waals surface area contributed by atoms with Crippen molar-refractivity contribution < 1.29 is 19.1 Å². The molecule has 3 aromatic rings. The van der Waals surface area contributed by atoms with Crippen LogP contribution in [0.25, 0.3) is 0 Å².